The zero-order chi connectivity index (χ0) is 22.7. The lowest BCUT2D eigenvalue weighted by Crippen LogP contribution is -2.21. The second-order valence-corrected chi connectivity index (χ2v) is 7.00. The van der Waals surface area contributed by atoms with Crippen LogP contribution in [-0.4, -0.2) is 24.2 Å². The number of benzene rings is 2. The minimum absolute atomic E-state index is 0.150. The Hall–Kier alpha value is -4.26. The lowest BCUT2D eigenvalue weighted by molar-refractivity contribution is -0.114. The van der Waals surface area contributed by atoms with Crippen LogP contribution >= 0.6 is 0 Å². The van der Waals surface area contributed by atoms with Gasteiger partial charge in [0.05, 0.1) is 22.5 Å². The van der Waals surface area contributed by atoms with Gasteiger partial charge >= 0.3 is 5.97 Å². The summed E-state index contributed by atoms with van der Waals surface area (Å²) in [4.78, 5) is 24.7. The van der Waals surface area contributed by atoms with Crippen molar-refractivity contribution in [1.29, 1.82) is 0 Å². The largest absolute Gasteiger partial charge is 0.458 e. The maximum atomic E-state index is 13.2. The summed E-state index contributed by atoms with van der Waals surface area (Å²) < 4.78 is 24.1. The van der Waals surface area contributed by atoms with E-state index in [1.165, 1.54) is 35.4 Å². The fourth-order valence-electron chi connectivity index (χ4n) is 3.16. The average molecular weight is 430 g/mol. The first-order chi connectivity index (χ1) is 15.5. The molecule has 4 rings (SSSR count). The molecule has 1 amide bonds. The lowest BCUT2D eigenvalue weighted by Gasteiger charge is -2.11. The van der Waals surface area contributed by atoms with Gasteiger partial charge in [-0.05, 0) is 61.5 Å². The number of hydrogen-bond acceptors (Lipinski definition) is 5. The van der Waals surface area contributed by atoms with Crippen LogP contribution in [0.1, 0.15) is 23.0 Å². The number of hydrogen-bond donors (Lipinski definition) is 0. The van der Waals surface area contributed by atoms with Crippen molar-refractivity contribution in [3.8, 4) is 11.3 Å². The van der Waals surface area contributed by atoms with E-state index in [0.29, 0.717) is 34.1 Å². The second-order valence-electron chi connectivity index (χ2n) is 7.00. The van der Waals surface area contributed by atoms with Gasteiger partial charge in [0.15, 0.2) is 0 Å². The van der Waals surface area contributed by atoms with Crippen molar-refractivity contribution in [2.24, 2.45) is 5.10 Å². The minimum atomic E-state index is -0.429. The van der Waals surface area contributed by atoms with E-state index < -0.39 is 5.97 Å². The number of anilines is 1. The first-order valence-corrected chi connectivity index (χ1v) is 9.82. The highest BCUT2D eigenvalue weighted by Crippen LogP contribution is 2.28. The molecule has 2 heterocycles. The van der Waals surface area contributed by atoms with Crippen LogP contribution in [-0.2, 0) is 9.53 Å². The van der Waals surface area contributed by atoms with E-state index >= 15 is 0 Å². The van der Waals surface area contributed by atoms with Gasteiger partial charge in [-0.15, -0.1) is 0 Å². The molecule has 0 fully saturated rings. The van der Waals surface area contributed by atoms with Crippen LogP contribution in [0.3, 0.4) is 0 Å². The maximum Gasteiger partial charge on any atom is 0.338 e. The Morgan fingerprint density at radius 1 is 1.12 bits per heavy atom. The van der Waals surface area contributed by atoms with Gasteiger partial charge in [0.1, 0.15) is 23.9 Å². The van der Waals surface area contributed by atoms with Gasteiger partial charge in [0, 0.05) is 5.56 Å². The van der Waals surface area contributed by atoms with Gasteiger partial charge in [-0.1, -0.05) is 24.8 Å². The highest BCUT2D eigenvalue weighted by atomic mass is 19.1. The van der Waals surface area contributed by atoms with E-state index in [2.05, 4.69) is 11.7 Å². The van der Waals surface area contributed by atoms with Gasteiger partial charge in [-0.25, -0.2) is 9.18 Å². The molecular formula is C25H19FN2O4. The molecule has 0 radical (unpaired) electrons. The Labute approximate surface area is 183 Å². The van der Waals surface area contributed by atoms with E-state index in [0.717, 1.165) is 5.56 Å². The molecule has 160 valence electrons. The first kappa shape index (κ1) is 21.0. The van der Waals surface area contributed by atoms with E-state index in [4.69, 9.17) is 9.15 Å². The summed E-state index contributed by atoms with van der Waals surface area (Å²) in [5.41, 5.74) is 2.58. The van der Waals surface area contributed by atoms with Gasteiger partial charge in [-0.2, -0.15) is 10.1 Å². The Kier molecular flexibility index (Phi) is 5.81. The Bertz CT molecular complexity index is 1240. The average Bonchev–Trinajstić information content (AvgIpc) is 3.38. The molecule has 0 atom stereocenters. The number of rotatable bonds is 6. The molecule has 1 aliphatic rings. The molecule has 3 aromatic rings. The van der Waals surface area contributed by atoms with Crippen LogP contribution in [0.2, 0.25) is 0 Å². The Balaban J connectivity index is 1.52. The predicted octanol–water partition coefficient (Wildman–Crippen LogP) is 5.23. The van der Waals surface area contributed by atoms with E-state index in [9.17, 15) is 14.0 Å². The molecule has 0 N–H and O–H groups in total. The normalized spacial score (nSPS) is 14.6. The van der Waals surface area contributed by atoms with Gasteiger partial charge in [-0.3, -0.25) is 4.79 Å². The van der Waals surface area contributed by atoms with E-state index in [1.54, 1.807) is 49.4 Å². The molecule has 0 unspecified atom stereocenters. The number of amides is 1. The monoisotopic (exact) mass is 430 g/mol. The topological polar surface area (TPSA) is 72.1 Å². The molecule has 2 aromatic carbocycles. The fourth-order valence-corrected chi connectivity index (χ4v) is 3.16. The fraction of sp³-hybridized carbons (Fsp3) is 0.0800. The van der Waals surface area contributed by atoms with Crippen molar-refractivity contribution in [3.63, 3.8) is 0 Å². The quantitative estimate of drug-likeness (QED) is 0.305. The molecule has 32 heavy (non-hydrogen) atoms. The first-order valence-electron chi connectivity index (χ1n) is 9.82. The van der Waals surface area contributed by atoms with E-state index in [1.807, 2.05) is 0 Å². The zero-order valence-electron chi connectivity index (χ0n) is 17.2. The van der Waals surface area contributed by atoms with E-state index in [-0.39, 0.29) is 18.3 Å². The van der Waals surface area contributed by atoms with Gasteiger partial charge in [0.2, 0.25) is 0 Å². The number of esters is 1. The molecular weight excluding hydrogens is 411 g/mol. The molecule has 0 spiro atoms. The van der Waals surface area contributed by atoms with Crippen molar-refractivity contribution >= 4 is 29.4 Å². The van der Waals surface area contributed by atoms with Crippen molar-refractivity contribution in [2.75, 3.05) is 11.6 Å². The standard InChI is InChI=1S/C25H19FN2O4/c1-3-14-31-25(30)18-6-4-17(5-7-18)23-13-12-21(32-23)15-22-16(2)27-28(24(22)29)20-10-8-19(26)9-11-20/h3-13,15H,1,14H2,2H3/b22-15-. The molecule has 6 nitrogen and oxygen atoms in total. The van der Waals surface area contributed by atoms with Crippen LogP contribution in [0.5, 0.6) is 0 Å². The third-order valence-corrected chi connectivity index (χ3v) is 4.78. The highest BCUT2D eigenvalue weighted by molar-refractivity contribution is 6.32. The third kappa shape index (κ3) is 4.27. The number of nitrogens with zero attached hydrogens (tertiary/aromatic N) is 2. The molecule has 0 saturated heterocycles. The predicted molar refractivity (Wildman–Crippen MR) is 120 cm³/mol. The molecule has 0 bridgehead atoms. The number of ether oxygens (including phenoxy) is 1. The summed E-state index contributed by atoms with van der Waals surface area (Å²) in [5, 5.41) is 5.51. The zero-order valence-corrected chi connectivity index (χ0v) is 17.2. The van der Waals surface area contributed by atoms with Gasteiger partial charge < -0.3 is 9.15 Å². The van der Waals surface area contributed by atoms with Crippen LogP contribution < -0.4 is 5.01 Å². The smallest absolute Gasteiger partial charge is 0.338 e. The maximum absolute atomic E-state index is 13.2. The summed E-state index contributed by atoms with van der Waals surface area (Å²) in [5.74, 6) is -0.0794. The number of carbonyl (C=O) groups is 2. The summed E-state index contributed by atoms with van der Waals surface area (Å²) >= 11 is 0. The molecule has 0 saturated carbocycles. The number of halogens is 1. The van der Waals surface area contributed by atoms with Crippen LogP contribution in [0.4, 0.5) is 10.1 Å². The van der Waals surface area contributed by atoms with Crippen molar-refractivity contribution in [1.82, 2.24) is 0 Å². The van der Waals surface area contributed by atoms with Crippen LogP contribution in [0, 0.1) is 5.82 Å². The number of carbonyl (C=O) groups excluding carboxylic acids is 2. The molecule has 0 aliphatic carbocycles. The third-order valence-electron chi connectivity index (χ3n) is 4.78. The molecule has 1 aliphatic heterocycles. The van der Waals surface area contributed by atoms with Gasteiger partial charge in [0.25, 0.3) is 5.91 Å². The summed E-state index contributed by atoms with van der Waals surface area (Å²) in [7, 11) is 0. The van der Waals surface area contributed by atoms with Crippen LogP contribution in [0.25, 0.3) is 17.4 Å². The molecule has 7 heteroatoms. The Morgan fingerprint density at radius 2 is 1.84 bits per heavy atom. The van der Waals surface area contributed by atoms with Crippen molar-refractivity contribution < 1.29 is 23.1 Å². The minimum Gasteiger partial charge on any atom is -0.458 e. The number of hydrazone groups is 1. The van der Waals surface area contributed by atoms with Crippen molar-refractivity contribution in [2.45, 2.75) is 6.92 Å². The summed E-state index contributed by atoms with van der Waals surface area (Å²) in [6, 6.07) is 15.9. The summed E-state index contributed by atoms with van der Waals surface area (Å²) in [6.45, 7) is 5.39. The second kappa shape index (κ2) is 8.85. The summed E-state index contributed by atoms with van der Waals surface area (Å²) in [6.07, 6.45) is 3.13. The lowest BCUT2D eigenvalue weighted by atomic mass is 10.1. The highest BCUT2D eigenvalue weighted by Gasteiger charge is 2.29. The molecule has 1 aromatic heterocycles. The van der Waals surface area contributed by atoms with Crippen molar-refractivity contribution in [3.05, 3.63) is 96.0 Å². The number of furan rings is 1. The Morgan fingerprint density at radius 3 is 2.53 bits per heavy atom. The SMILES string of the molecule is C=CCOC(=O)c1ccc(-c2ccc(/C=C3\C(=O)N(c4ccc(F)cc4)N=C3C)o2)cc1. The van der Waals surface area contributed by atoms with Crippen LogP contribution in [0.15, 0.2) is 88.4 Å².